The molecular weight excluding hydrogens is 114 g/mol. The molecule has 0 spiro atoms. The molecule has 0 aliphatic heterocycles. The normalized spacial score (nSPS) is 7.89. The summed E-state index contributed by atoms with van der Waals surface area (Å²) in [5.74, 6) is 0. The van der Waals surface area contributed by atoms with Crippen LogP contribution in [0.4, 0.5) is 5.69 Å². The third-order valence-electron chi connectivity index (χ3n) is 0.725. The molecule has 0 atom stereocenters. The number of aryl methyl sites for hydroxylation is 1. The number of nitrogen functional groups attached to an aromatic ring is 1. The molecular formula is C6H13N3. The van der Waals surface area contributed by atoms with Crippen LogP contribution in [0.3, 0.4) is 0 Å². The molecule has 1 rings (SSSR count). The van der Waals surface area contributed by atoms with Crippen molar-refractivity contribution in [1.82, 2.24) is 9.78 Å². The van der Waals surface area contributed by atoms with Gasteiger partial charge in [-0.15, -0.1) is 0 Å². The van der Waals surface area contributed by atoms with Crippen molar-refractivity contribution in [3.05, 3.63) is 12.4 Å². The zero-order chi connectivity index (χ0) is 7.28. The SMILES string of the molecule is CC.Cn1cc(N)cn1. The zero-order valence-electron chi connectivity index (χ0n) is 6.13. The molecule has 9 heavy (non-hydrogen) atoms. The van der Waals surface area contributed by atoms with Gasteiger partial charge in [0.25, 0.3) is 0 Å². The molecule has 1 heterocycles. The first kappa shape index (κ1) is 8.01. The highest BCUT2D eigenvalue weighted by molar-refractivity contribution is 5.30. The van der Waals surface area contributed by atoms with Crippen LogP contribution in [0.25, 0.3) is 0 Å². The highest BCUT2D eigenvalue weighted by Crippen LogP contribution is 1.92. The molecule has 3 nitrogen and oxygen atoms in total. The van der Waals surface area contributed by atoms with Crippen molar-refractivity contribution in [2.75, 3.05) is 5.73 Å². The Morgan fingerprint density at radius 3 is 2.22 bits per heavy atom. The van der Waals surface area contributed by atoms with Gasteiger partial charge in [0, 0.05) is 13.2 Å². The van der Waals surface area contributed by atoms with E-state index in [1.165, 1.54) is 0 Å². The molecule has 0 fully saturated rings. The molecule has 3 heteroatoms. The van der Waals surface area contributed by atoms with E-state index in [9.17, 15) is 0 Å². The van der Waals surface area contributed by atoms with Crippen molar-refractivity contribution in [3.8, 4) is 0 Å². The summed E-state index contributed by atoms with van der Waals surface area (Å²) in [6.07, 6.45) is 3.36. The largest absolute Gasteiger partial charge is 0.396 e. The van der Waals surface area contributed by atoms with Gasteiger partial charge in [-0.3, -0.25) is 4.68 Å². The van der Waals surface area contributed by atoms with Gasteiger partial charge in [-0.05, 0) is 0 Å². The third kappa shape index (κ3) is 2.74. The maximum Gasteiger partial charge on any atom is 0.0719 e. The number of rotatable bonds is 0. The van der Waals surface area contributed by atoms with E-state index < -0.39 is 0 Å². The van der Waals surface area contributed by atoms with Gasteiger partial charge in [0.1, 0.15) is 0 Å². The van der Waals surface area contributed by atoms with Gasteiger partial charge in [-0.25, -0.2) is 0 Å². The Morgan fingerprint density at radius 2 is 2.11 bits per heavy atom. The Balaban J connectivity index is 0.000000291. The van der Waals surface area contributed by atoms with E-state index >= 15 is 0 Å². The summed E-state index contributed by atoms with van der Waals surface area (Å²) in [4.78, 5) is 0. The molecule has 0 aromatic carbocycles. The summed E-state index contributed by atoms with van der Waals surface area (Å²) in [5.41, 5.74) is 6.01. The zero-order valence-corrected chi connectivity index (χ0v) is 6.13. The first-order valence-electron chi connectivity index (χ1n) is 3.03. The topological polar surface area (TPSA) is 43.8 Å². The molecule has 0 saturated heterocycles. The van der Waals surface area contributed by atoms with Gasteiger partial charge in [0.15, 0.2) is 0 Å². The monoisotopic (exact) mass is 127 g/mol. The number of nitrogens with zero attached hydrogens (tertiary/aromatic N) is 2. The van der Waals surface area contributed by atoms with Crippen LogP contribution in [-0.4, -0.2) is 9.78 Å². The average molecular weight is 127 g/mol. The fourth-order valence-electron chi connectivity index (χ4n) is 0.440. The van der Waals surface area contributed by atoms with Crippen LogP contribution in [0.15, 0.2) is 12.4 Å². The van der Waals surface area contributed by atoms with Crippen LogP contribution < -0.4 is 5.73 Å². The summed E-state index contributed by atoms with van der Waals surface area (Å²) >= 11 is 0. The lowest BCUT2D eigenvalue weighted by Gasteiger charge is -1.78. The Labute approximate surface area is 55.5 Å². The highest BCUT2D eigenvalue weighted by atomic mass is 15.2. The second-order valence-corrected chi connectivity index (χ2v) is 1.45. The summed E-state index contributed by atoms with van der Waals surface area (Å²) in [5, 5.41) is 3.81. The summed E-state index contributed by atoms with van der Waals surface area (Å²) in [6.45, 7) is 4.00. The lowest BCUT2D eigenvalue weighted by molar-refractivity contribution is 0.768. The minimum atomic E-state index is 0.711. The molecule has 52 valence electrons. The smallest absolute Gasteiger partial charge is 0.0719 e. The summed E-state index contributed by atoms with van der Waals surface area (Å²) in [7, 11) is 1.83. The molecule has 0 radical (unpaired) electrons. The molecule has 0 unspecified atom stereocenters. The van der Waals surface area contributed by atoms with Crippen molar-refractivity contribution >= 4 is 5.69 Å². The van der Waals surface area contributed by atoms with Crippen molar-refractivity contribution in [1.29, 1.82) is 0 Å². The molecule has 1 aromatic heterocycles. The first-order chi connectivity index (χ1) is 4.29. The average Bonchev–Trinajstić information content (AvgIpc) is 2.20. The minimum Gasteiger partial charge on any atom is -0.396 e. The second kappa shape index (κ2) is 3.95. The standard InChI is InChI=1S/C4H7N3.C2H6/c1-7-3-4(5)2-6-7;1-2/h2-3H,5H2,1H3;1-2H3. The van der Waals surface area contributed by atoms with E-state index in [-0.39, 0.29) is 0 Å². The fourth-order valence-corrected chi connectivity index (χ4v) is 0.440. The molecule has 0 bridgehead atoms. The van der Waals surface area contributed by atoms with E-state index in [4.69, 9.17) is 5.73 Å². The molecule has 0 aliphatic rings. The number of nitrogens with two attached hydrogens (primary N) is 1. The van der Waals surface area contributed by atoms with Crippen LogP contribution in [0, 0.1) is 0 Å². The Kier molecular flexibility index (Phi) is 3.51. The van der Waals surface area contributed by atoms with Crippen molar-refractivity contribution in [3.63, 3.8) is 0 Å². The van der Waals surface area contributed by atoms with Gasteiger partial charge in [0.05, 0.1) is 11.9 Å². The van der Waals surface area contributed by atoms with Gasteiger partial charge >= 0.3 is 0 Å². The predicted molar refractivity (Wildman–Crippen MR) is 39.0 cm³/mol. The van der Waals surface area contributed by atoms with E-state index in [2.05, 4.69) is 5.10 Å². The lowest BCUT2D eigenvalue weighted by Crippen LogP contribution is -1.84. The fraction of sp³-hybridized carbons (Fsp3) is 0.500. The van der Waals surface area contributed by atoms with E-state index in [0.717, 1.165) is 0 Å². The molecule has 0 saturated carbocycles. The van der Waals surface area contributed by atoms with Gasteiger partial charge in [0.2, 0.25) is 0 Å². The van der Waals surface area contributed by atoms with Crippen LogP contribution in [-0.2, 0) is 7.05 Å². The third-order valence-corrected chi connectivity index (χ3v) is 0.725. The Morgan fingerprint density at radius 1 is 1.56 bits per heavy atom. The van der Waals surface area contributed by atoms with Crippen LogP contribution in [0.1, 0.15) is 13.8 Å². The van der Waals surface area contributed by atoms with Crippen LogP contribution >= 0.6 is 0 Å². The number of hydrogen-bond donors (Lipinski definition) is 1. The van der Waals surface area contributed by atoms with Gasteiger partial charge in [-0.1, -0.05) is 13.8 Å². The number of aromatic nitrogens is 2. The van der Waals surface area contributed by atoms with Crippen molar-refractivity contribution < 1.29 is 0 Å². The predicted octanol–water partition coefficient (Wildman–Crippen LogP) is 1.03. The second-order valence-electron chi connectivity index (χ2n) is 1.45. The maximum absolute atomic E-state index is 5.30. The summed E-state index contributed by atoms with van der Waals surface area (Å²) in [6, 6.07) is 0. The van der Waals surface area contributed by atoms with Gasteiger partial charge in [-0.2, -0.15) is 5.10 Å². The molecule has 0 aliphatic carbocycles. The van der Waals surface area contributed by atoms with E-state index in [0.29, 0.717) is 5.69 Å². The quantitative estimate of drug-likeness (QED) is 0.565. The van der Waals surface area contributed by atoms with E-state index in [1.807, 2.05) is 20.9 Å². The lowest BCUT2D eigenvalue weighted by atomic mass is 10.6. The van der Waals surface area contributed by atoms with Crippen LogP contribution in [0.5, 0.6) is 0 Å². The molecule has 0 amide bonds. The van der Waals surface area contributed by atoms with Gasteiger partial charge < -0.3 is 5.73 Å². The van der Waals surface area contributed by atoms with Crippen molar-refractivity contribution in [2.45, 2.75) is 13.8 Å². The minimum absolute atomic E-state index is 0.711. The number of hydrogen-bond acceptors (Lipinski definition) is 2. The van der Waals surface area contributed by atoms with E-state index in [1.54, 1.807) is 17.1 Å². The molecule has 2 N–H and O–H groups in total. The molecule has 1 aromatic rings. The Hall–Kier alpha value is -0.990. The number of anilines is 1. The Bertz CT molecular complexity index is 141. The summed E-state index contributed by atoms with van der Waals surface area (Å²) < 4.78 is 1.66. The van der Waals surface area contributed by atoms with Crippen molar-refractivity contribution in [2.24, 2.45) is 7.05 Å². The highest BCUT2D eigenvalue weighted by Gasteiger charge is 1.82. The first-order valence-corrected chi connectivity index (χ1v) is 3.03. The maximum atomic E-state index is 5.30. The van der Waals surface area contributed by atoms with Crippen LogP contribution in [0.2, 0.25) is 0 Å².